The van der Waals surface area contributed by atoms with Gasteiger partial charge in [0.05, 0.1) is 0 Å². The van der Waals surface area contributed by atoms with E-state index in [0.717, 1.165) is 0 Å². The zero-order chi connectivity index (χ0) is 12.9. The van der Waals surface area contributed by atoms with Gasteiger partial charge in [0.1, 0.15) is 11.6 Å². The minimum absolute atomic E-state index is 0.377. The molecule has 0 bridgehead atoms. The van der Waals surface area contributed by atoms with Gasteiger partial charge >= 0.3 is 12.1 Å². The second-order valence-electron chi connectivity index (χ2n) is 4.69. The molecule has 16 heavy (non-hydrogen) atoms. The Balaban J connectivity index is 4.65. The van der Waals surface area contributed by atoms with Crippen LogP contribution in [0.1, 0.15) is 41.0 Å². The van der Waals surface area contributed by atoms with Gasteiger partial charge in [-0.25, -0.2) is 9.59 Å². The number of carboxylic acids is 1. The van der Waals surface area contributed by atoms with E-state index in [1.807, 2.05) is 6.92 Å². The normalized spacial score (nSPS) is 13.1. The molecule has 0 radical (unpaired) electrons. The molecule has 0 spiro atoms. The van der Waals surface area contributed by atoms with Crippen molar-refractivity contribution in [1.29, 1.82) is 0 Å². The number of carbonyl (C=O) groups excluding carboxylic acids is 1. The fraction of sp³-hybridized carbons (Fsp3) is 0.818. The number of ether oxygens (including phenoxy) is 1. The Bertz CT molecular complexity index is 257. The monoisotopic (exact) mass is 231 g/mol. The molecule has 0 saturated heterocycles. The van der Waals surface area contributed by atoms with Gasteiger partial charge in [-0.05, 0) is 34.1 Å². The molecule has 0 aliphatic heterocycles. The predicted molar refractivity (Wildman–Crippen MR) is 60.3 cm³/mol. The highest BCUT2D eigenvalue weighted by molar-refractivity contribution is 5.79. The standard InChI is InChI=1S/C11H21NO4/c1-6-7-12(8(2)9(13)14)10(15)16-11(3,4)5/h8H,6-7H2,1-5H3,(H,13,14)/t8-/m0/s1. The number of nitrogens with zero attached hydrogens (tertiary/aromatic N) is 1. The number of carbonyl (C=O) groups is 2. The van der Waals surface area contributed by atoms with Gasteiger partial charge in [-0.2, -0.15) is 0 Å². The quantitative estimate of drug-likeness (QED) is 0.804. The summed E-state index contributed by atoms with van der Waals surface area (Å²) >= 11 is 0. The molecular formula is C11H21NO4. The molecule has 0 saturated carbocycles. The second kappa shape index (κ2) is 5.72. The summed E-state index contributed by atoms with van der Waals surface area (Å²) in [6.07, 6.45) is 0.112. The van der Waals surface area contributed by atoms with E-state index in [1.165, 1.54) is 11.8 Å². The Morgan fingerprint density at radius 1 is 1.38 bits per heavy atom. The van der Waals surface area contributed by atoms with Gasteiger partial charge < -0.3 is 9.84 Å². The third kappa shape index (κ3) is 5.00. The van der Waals surface area contributed by atoms with Crippen molar-refractivity contribution < 1.29 is 19.4 Å². The molecule has 0 heterocycles. The van der Waals surface area contributed by atoms with Crippen LogP contribution in [0.25, 0.3) is 0 Å². The van der Waals surface area contributed by atoms with Gasteiger partial charge in [0.25, 0.3) is 0 Å². The van der Waals surface area contributed by atoms with E-state index in [-0.39, 0.29) is 0 Å². The minimum Gasteiger partial charge on any atom is -0.480 e. The number of carboxylic acid groups (broad SMARTS) is 1. The summed E-state index contributed by atoms with van der Waals surface area (Å²) in [5, 5.41) is 8.88. The molecule has 0 aliphatic rings. The van der Waals surface area contributed by atoms with Crippen molar-refractivity contribution in [3.05, 3.63) is 0 Å². The van der Waals surface area contributed by atoms with Gasteiger partial charge in [0.2, 0.25) is 0 Å². The molecule has 0 rings (SSSR count). The van der Waals surface area contributed by atoms with Crippen molar-refractivity contribution in [1.82, 2.24) is 4.90 Å². The molecule has 0 aliphatic carbocycles. The summed E-state index contributed by atoms with van der Waals surface area (Å²) in [5.41, 5.74) is -0.610. The van der Waals surface area contributed by atoms with Crippen LogP contribution in [0.15, 0.2) is 0 Å². The number of rotatable bonds is 4. The summed E-state index contributed by atoms with van der Waals surface area (Å²) in [6, 6.07) is -0.866. The number of hydrogen-bond donors (Lipinski definition) is 1. The third-order valence-electron chi connectivity index (χ3n) is 1.92. The van der Waals surface area contributed by atoms with Crippen LogP contribution < -0.4 is 0 Å². The maximum Gasteiger partial charge on any atom is 0.411 e. The topological polar surface area (TPSA) is 66.8 Å². The van der Waals surface area contributed by atoms with E-state index in [9.17, 15) is 9.59 Å². The number of amides is 1. The Morgan fingerprint density at radius 2 is 1.88 bits per heavy atom. The average Bonchev–Trinajstić information content (AvgIpc) is 2.09. The summed E-state index contributed by atoms with van der Waals surface area (Å²) in [6.45, 7) is 8.98. The molecular weight excluding hydrogens is 210 g/mol. The molecule has 1 N–H and O–H groups in total. The Kier molecular flexibility index (Phi) is 5.27. The molecule has 0 aromatic carbocycles. The smallest absolute Gasteiger partial charge is 0.411 e. The molecule has 0 aromatic heterocycles. The molecule has 1 amide bonds. The van der Waals surface area contributed by atoms with Gasteiger partial charge in [0, 0.05) is 6.54 Å². The van der Waals surface area contributed by atoms with Gasteiger partial charge in [0.15, 0.2) is 0 Å². The van der Waals surface area contributed by atoms with E-state index in [1.54, 1.807) is 20.8 Å². The summed E-state index contributed by atoms with van der Waals surface area (Å²) in [4.78, 5) is 23.8. The molecule has 0 aromatic rings. The first kappa shape index (κ1) is 14.7. The van der Waals surface area contributed by atoms with Crippen molar-refractivity contribution in [2.24, 2.45) is 0 Å². The summed E-state index contributed by atoms with van der Waals surface area (Å²) in [5.74, 6) is -1.03. The van der Waals surface area contributed by atoms with Crippen LogP contribution in [-0.4, -0.2) is 40.3 Å². The van der Waals surface area contributed by atoms with Gasteiger partial charge in [-0.1, -0.05) is 6.92 Å². The van der Waals surface area contributed by atoms with E-state index in [2.05, 4.69) is 0 Å². The average molecular weight is 231 g/mol. The summed E-state index contributed by atoms with van der Waals surface area (Å²) in [7, 11) is 0. The van der Waals surface area contributed by atoms with E-state index < -0.39 is 23.7 Å². The van der Waals surface area contributed by atoms with Crippen molar-refractivity contribution in [2.45, 2.75) is 52.7 Å². The van der Waals surface area contributed by atoms with Crippen LogP contribution in [0.2, 0.25) is 0 Å². The predicted octanol–water partition coefficient (Wildman–Crippen LogP) is 2.11. The Hall–Kier alpha value is -1.26. The lowest BCUT2D eigenvalue weighted by atomic mass is 10.2. The highest BCUT2D eigenvalue weighted by Crippen LogP contribution is 2.12. The lowest BCUT2D eigenvalue weighted by Crippen LogP contribution is -2.46. The van der Waals surface area contributed by atoms with Crippen molar-refractivity contribution in [3.63, 3.8) is 0 Å². The molecule has 94 valence electrons. The first-order valence-corrected chi connectivity index (χ1v) is 5.41. The molecule has 0 unspecified atom stereocenters. The number of aliphatic carboxylic acids is 1. The van der Waals surface area contributed by atoms with E-state index in [0.29, 0.717) is 13.0 Å². The molecule has 5 heteroatoms. The van der Waals surface area contributed by atoms with Crippen LogP contribution in [0.4, 0.5) is 4.79 Å². The zero-order valence-electron chi connectivity index (χ0n) is 10.6. The SMILES string of the molecule is CCCN(C(=O)OC(C)(C)C)[C@@H](C)C(=O)O. The first-order chi connectivity index (χ1) is 7.19. The second-order valence-corrected chi connectivity index (χ2v) is 4.69. The Morgan fingerprint density at radius 3 is 2.19 bits per heavy atom. The van der Waals surface area contributed by atoms with Crippen molar-refractivity contribution in [3.8, 4) is 0 Å². The van der Waals surface area contributed by atoms with Gasteiger partial charge in [-0.3, -0.25) is 4.90 Å². The van der Waals surface area contributed by atoms with Crippen LogP contribution >= 0.6 is 0 Å². The van der Waals surface area contributed by atoms with Crippen molar-refractivity contribution in [2.75, 3.05) is 6.54 Å². The Labute approximate surface area is 96.4 Å². The van der Waals surface area contributed by atoms with Crippen LogP contribution in [0.3, 0.4) is 0 Å². The van der Waals surface area contributed by atoms with E-state index in [4.69, 9.17) is 9.84 Å². The maximum absolute atomic E-state index is 11.7. The molecule has 1 atom stereocenters. The fourth-order valence-corrected chi connectivity index (χ4v) is 1.14. The van der Waals surface area contributed by atoms with E-state index >= 15 is 0 Å². The third-order valence-corrected chi connectivity index (χ3v) is 1.92. The van der Waals surface area contributed by atoms with Crippen LogP contribution in [-0.2, 0) is 9.53 Å². The fourth-order valence-electron chi connectivity index (χ4n) is 1.14. The molecule has 0 fully saturated rings. The minimum atomic E-state index is -1.03. The lowest BCUT2D eigenvalue weighted by Gasteiger charge is -2.29. The number of hydrogen-bond acceptors (Lipinski definition) is 3. The molecule has 5 nitrogen and oxygen atoms in total. The zero-order valence-corrected chi connectivity index (χ0v) is 10.6. The first-order valence-electron chi connectivity index (χ1n) is 5.41. The largest absolute Gasteiger partial charge is 0.480 e. The summed E-state index contributed by atoms with van der Waals surface area (Å²) < 4.78 is 5.15. The van der Waals surface area contributed by atoms with Crippen LogP contribution in [0, 0.1) is 0 Å². The van der Waals surface area contributed by atoms with Crippen molar-refractivity contribution >= 4 is 12.1 Å². The highest BCUT2D eigenvalue weighted by atomic mass is 16.6. The van der Waals surface area contributed by atoms with Crippen LogP contribution in [0.5, 0.6) is 0 Å². The maximum atomic E-state index is 11.7. The highest BCUT2D eigenvalue weighted by Gasteiger charge is 2.28. The van der Waals surface area contributed by atoms with Gasteiger partial charge in [-0.15, -0.1) is 0 Å². The lowest BCUT2D eigenvalue weighted by molar-refractivity contribution is -0.142.